The molecule has 0 radical (unpaired) electrons. The van der Waals surface area contributed by atoms with Crippen molar-refractivity contribution in [3.8, 4) is 5.75 Å². The molecule has 0 spiro atoms. The highest BCUT2D eigenvalue weighted by atomic mass is 32.2. The number of nitrogens with one attached hydrogen (secondary N) is 1. The summed E-state index contributed by atoms with van der Waals surface area (Å²) in [5.74, 6) is -0.0160. The molecule has 31 heavy (non-hydrogen) atoms. The van der Waals surface area contributed by atoms with E-state index in [0.717, 1.165) is 37.7 Å². The minimum Gasteiger partial charge on any atom is -0.496 e. The van der Waals surface area contributed by atoms with Gasteiger partial charge in [0.25, 0.3) is 5.91 Å². The maximum atomic E-state index is 13.2. The number of carbonyl (C=O) groups is 1. The van der Waals surface area contributed by atoms with Crippen LogP contribution in [0.4, 0.5) is 0 Å². The van der Waals surface area contributed by atoms with Crippen LogP contribution < -0.4 is 10.1 Å². The number of sulfonamides is 1. The molecule has 1 aliphatic rings. The van der Waals surface area contributed by atoms with Crippen molar-refractivity contribution in [3.05, 3.63) is 59.2 Å². The average Bonchev–Trinajstić information content (AvgIpc) is 3.09. The van der Waals surface area contributed by atoms with E-state index in [4.69, 9.17) is 4.74 Å². The predicted molar refractivity (Wildman–Crippen MR) is 122 cm³/mol. The molecule has 1 N–H and O–H groups in total. The largest absolute Gasteiger partial charge is 0.496 e. The number of aryl methyl sites for hydroxylation is 1. The van der Waals surface area contributed by atoms with Crippen molar-refractivity contribution in [1.29, 1.82) is 0 Å². The third-order valence-electron chi connectivity index (χ3n) is 5.85. The molecule has 168 valence electrons. The van der Waals surface area contributed by atoms with E-state index in [0.29, 0.717) is 18.8 Å². The zero-order valence-corrected chi connectivity index (χ0v) is 19.4. The van der Waals surface area contributed by atoms with Crippen molar-refractivity contribution >= 4 is 15.9 Å². The first-order valence-corrected chi connectivity index (χ1v) is 12.4. The number of methoxy groups -OCH3 is 1. The predicted octanol–water partition coefficient (Wildman–Crippen LogP) is 4.31. The highest BCUT2D eigenvalue weighted by Crippen LogP contribution is 2.27. The van der Waals surface area contributed by atoms with Gasteiger partial charge in [-0.15, -0.1) is 0 Å². The minimum absolute atomic E-state index is 0.125. The topological polar surface area (TPSA) is 75.7 Å². The van der Waals surface area contributed by atoms with Gasteiger partial charge < -0.3 is 10.1 Å². The molecule has 2 aromatic rings. The van der Waals surface area contributed by atoms with Gasteiger partial charge in [0, 0.05) is 13.1 Å². The Kier molecular flexibility index (Phi) is 7.73. The Morgan fingerprint density at radius 3 is 2.29 bits per heavy atom. The Balaban J connectivity index is 1.84. The lowest BCUT2D eigenvalue weighted by Gasteiger charge is -2.21. The molecule has 0 aliphatic carbocycles. The van der Waals surface area contributed by atoms with Crippen molar-refractivity contribution in [2.75, 3.05) is 20.2 Å². The van der Waals surface area contributed by atoms with Gasteiger partial charge in [-0.2, -0.15) is 4.31 Å². The monoisotopic (exact) mass is 444 g/mol. The lowest BCUT2D eigenvalue weighted by atomic mass is 10.0. The van der Waals surface area contributed by atoms with Crippen LogP contribution in [-0.2, 0) is 16.4 Å². The molecule has 0 saturated carbocycles. The highest BCUT2D eigenvalue weighted by Gasteiger charge is 2.27. The number of benzene rings is 2. The molecule has 6 nitrogen and oxygen atoms in total. The summed E-state index contributed by atoms with van der Waals surface area (Å²) < 4.78 is 33.2. The third kappa shape index (κ3) is 5.46. The second-order valence-electron chi connectivity index (χ2n) is 7.97. The Hall–Kier alpha value is -2.38. The van der Waals surface area contributed by atoms with Crippen LogP contribution in [-0.4, -0.2) is 38.8 Å². The number of hydrogen-bond donors (Lipinski definition) is 1. The number of ether oxygens (including phenoxy) is 1. The molecule has 3 rings (SSSR count). The summed E-state index contributed by atoms with van der Waals surface area (Å²) in [5.41, 5.74) is 2.43. The zero-order valence-electron chi connectivity index (χ0n) is 18.6. The van der Waals surface area contributed by atoms with Crippen LogP contribution in [0, 0.1) is 0 Å². The van der Waals surface area contributed by atoms with Crippen molar-refractivity contribution in [2.45, 2.75) is 56.9 Å². The SMILES string of the molecule is CCc1ccc([C@@H](C)NC(=O)c2cc(S(=O)(=O)N3CCCCCC3)ccc2OC)cc1. The Morgan fingerprint density at radius 1 is 1.06 bits per heavy atom. The molecule has 0 unspecified atom stereocenters. The van der Waals surface area contributed by atoms with Crippen LogP contribution in [0.5, 0.6) is 5.75 Å². The molecule has 2 aromatic carbocycles. The van der Waals surface area contributed by atoms with E-state index in [1.807, 2.05) is 31.2 Å². The Bertz CT molecular complexity index is 995. The van der Waals surface area contributed by atoms with Crippen molar-refractivity contribution in [3.63, 3.8) is 0 Å². The molecule has 1 heterocycles. The van der Waals surface area contributed by atoms with E-state index in [9.17, 15) is 13.2 Å². The fourth-order valence-electron chi connectivity index (χ4n) is 3.86. The van der Waals surface area contributed by atoms with E-state index >= 15 is 0 Å². The van der Waals surface area contributed by atoms with Gasteiger partial charge in [-0.25, -0.2) is 8.42 Å². The van der Waals surface area contributed by atoms with Gasteiger partial charge in [-0.3, -0.25) is 4.79 Å². The number of rotatable bonds is 7. The number of nitrogens with zero attached hydrogens (tertiary/aromatic N) is 1. The van der Waals surface area contributed by atoms with Gasteiger partial charge in [0.05, 0.1) is 23.6 Å². The van der Waals surface area contributed by atoms with E-state index in [2.05, 4.69) is 12.2 Å². The lowest BCUT2D eigenvalue weighted by Crippen LogP contribution is -2.32. The molecular formula is C24H32N2O4S. The maximum absolute atomic E-state index is 13.2. The van der Waals surface area contributed by atoms with Crippen molar-refractivity contribution in [1.82, 2.24) is 9.62 Å². The van der Waals surface area contributed by atoms with Gasteiger partial charge in [0.15, 0.2) is 0 Å². The van der Waals surface area contributed by atoms with E-state index < -0.39 is 10.0 Å². The summed E-state index contributed by atoms with van der Waals surface area (Å²) in [6.07, 6.45) is 4.75. The third-order valence-corrected chi connectivity index (χ3v) is 7.75. The van der Waals surface area contributed by atoms with Crippen LogP contribution in [0.15, 0.2) is 47.4 Å². The van der Waals surface area contributed by atoms with E-state index in [1.165, 1.54) is 29.1 Å². The summed E-state index contributed by atoms with van der Waals surface area (Å²) in [4.78, 5) is 13.2. The van der Waals surface area contributed by atoms with E-state index in [-0.39, 0.29) is 22.4 Å². The van der Waals surface area contributed by atoms with Gasteiger partial charge in [0.1, 0.15) is 5.75 Å². The average molecular weight is 445 g/mol. The molecule has 0 aromatic heterocycles. The first kappa shape index (κ1) is 23.3. The zero-order chi connectivity index (χ0) is 22.4. The lowest BCUT2D eigenvalue weighted by molar-refractivity contribution is 0.0936. The second kappa shape index (κ2) is 10.3. The van der Waals surface area contributed by atoms with Gasteiger partial charge >= 0.3 is 0 Å². The molecular weight excluding hydrogens is 412 g/mol. The number of carbonyl (C=O) groups excluding carboxylic acids is 1. The van der Waals surface area contributed by atoms with Crippen molar-refractivity contribution in [2.24, 2.45) is 0 Å². The number of hydrogen-bond acceptors (Lipinski definition) is 4. The minimum atomic E-state index is -3.66. The van der Waals surface area contributed by atoms with Crippen LogP contribution in [0.25, 0.3) is 0 Å². The Labute approximate surface area is 185 Å². The molecule has 1 fully saturated rings. The van der Waals surface area contributed by atoms with Gasteiger partial charge in [-0.05, 0) is 55.5 Å². The van der Waals surface area contributed by atoms with Gasteiger partial charge in [-0.1, -0.05) is 44.0 Å². The summed E-state index contributed by atoms with van der Waals surface area (Å²) >= 11 is 0. The molecule has 7 heteroatoms. The molecule has 1 aliphatic heterocycles. The smallest absolute Gasteiger partial charge is 0.255 e. The maximum Gasteiger partial charge on any atom is 0.255 e. The molecule has 1 atom stereocenters. The Morgan fingerprint density at radius 2 is 1.71 bits per heavy atom. The van der Waals surface area contributed by atoms with Crippen LogP contribution in [0.1, 0.15) is 67.1 Å². The molecule has 1 saturated heterocycles. The summed E-state index contributed by atoms with van der Waals surface area (Å²) in [6, 6.07) is 12.4. The van der Waals surface area contributed by atoms with Gasteiger partial charge in [0.2, 0.25) is 10.0 Å². The molecule has 0 bridgehead atoms. The standard InChI is InChI=1S/C24H32N2O4S/c1-4-19-9-11-20(12-10-19)18(2)25-24(27)22-17-21(13-14-23(22)30-3)31(28,29)26-15-7-5-6-8-16-26/h9-14,17-18H,4-8,15-16H2,1-3H3,(H,25,27)/t18-/m1/s1. The number of amides is 1. The van der Waals surface area contributed by atoms with Crippen molar-refractivity contribution < 1.29 is 17.9 Å². The first-order chi connectivity index (χ1) is 14.9. The summed E-state index contributed by atoms with van der Waals surface area (Å²) in [5, 5.41) is 2.97. The van der Waals surface area contributed by atoms with Crippen LogP contribution in [0.2, 0.25) is 0 Å². The van der Waals surface area contributed by atoms with Crippen LogP contribution in [0.3, 0.4) is 0 Å². The molecule has 1 amide bonds. The van der Waals surface area contributed by atoms with E-state index in [1.54, 1.807) is 6.07 Å². The summed E-state index contributed by atoms with van der Waals surface area (Å²) in [6.45, 7) is 5.03. The summed E-state index contributed by atoms with van der Waals surface area (Å²) in [7, 11) is -2.18. The highest BCUT2D eigenvalue weighted by molar-refractivity contribution is 7.89. The fourth-order valence-corrected chi connectivity index (χ4v) is 5.40. The second-order valence-corrected chi connectivity index (χ2v) is 9.91. The normalized spacial score (nSPS) is 16.4. The first-order valence-electron chi connectivity index (χ1n) is 10.9. The van der Waals surface area contributed by atoms with Crippen LogP contribution >= 0.6 is 0 Å². The quantitative estimate of drug-likeness (QED) is 0.690. The fraction of sp³-hybridized carbons (Fsp3) is 0.458.